The normalized spacial score (nSPS) is 10.5. The van der Waals surface area contributed by atoms with Gasteiger partial charge in [0.1, 0.15) is 0 Å². The van der Waals surface area contributed by atoms with Crippen molar-refractivity contribution in [3.8, 4) is 0 Å². The number of amides is 1. The van der Waals surface area contributed by atoms with Gasteiger partial charge in [-0.15, -0.1) is 0 Å². The van der Waals surface area contributed by atoms with Gasteiger partial charge in [-0.05, 0) is 36.1 Å². The van der Waals surface area contributed by atoms with Crippen molar-refractivity contribution in [2.24, 2.45) is 0 Å². The van der Waals surface area contributed by atoms with E-state index in [1.165, 1.54) is 5.56 Å². The van der Waals surface area contributed by atoms with Crippen LogP contribution in [0.5, 0.6) is 0 Å². The lowest BCUT2D eigenvalue weighted by Crippen LogP contribution is -2.28. The molecule has 0 aliphatic heterocycles. The van der Waals surface area contributed by atoms with Crippen molar-refractivity contribution in [1.29, 1.82) is 0 Å². The fourth-order valence-electron chi connectivity index (χ4n) is 2.29. The fourth-order valence-corrected chi connectivity index (χ4v) is 2.42. The zero-order valence-corrected chi connectivity index (χ0v) is 14.0. The minimum absolute atomic E-state index is 0.0988. The molecule has 1 amide bonds. The van der Waals surface area contributed by atoms with Crippen LogP contribution in [0.15, 0.2) is 54.6 Å². The van der Waals surface area contributed by atoms with E-state index in [-0.39, 0.29) is 5.91 Å². The third-order valence-electron chi connectivity index (χ3n) is 3.58. The second-order valence-corrected chi connectivity index (χ2v) is 5.93. The van der Waals surface area contributed by atoms with Crippen molar-refractivity contribution in [2.45, 2.75) is 25.8 Å². The van der Waals surface area contributed by atoms with Crippen LogP contribution < -0.4 is 10.6 Å². The quantitative estimate of drug-likeness (QED) is 0.690. The Morgan fingerprint density at radius 1 is 0.913 bits per heavy atom. The molecule has 2 rings (SSSR count). The first-order valence-electron chi connectivity index (χ1n) is 8.00. The summed E-state index contributed by atoms with van der Waals surface area (Å²) in [5, 5.41) is 6.97. The summed E-state index contributed by atoms with van der Waals surface area (Å²) in [6.07, 6.45) is 2.46. The highest BCUT2D eigenvalue weighted by Crippen LogP contribution is 2.09. The largest absolute Gasteiger partial charge is 0.356 e. The molecule has 0 aliphatic carbocycles. The molecule has 0 radical (unpaired) electrons. The van der Waals surface area contributed by atoms with Crippen LogP contribution in [0.3, 0.4) is 0 Å². The fraction of sp³-hybridized carbons (Fsp3) is 0.316. The van der Waals surface area contributed by atoms with Crippen LogP contribution in [0.1, 0.15) is 24.0 Å². The number of hydrogen-bond donors (Lipinski definition) is 2. The second-order valence-electron chi connectivity index (χ2n) is 5.49. The summed E-state index contributed by atoms with van der Waals surface area (Å²) >= 11 is 5.84. The van der Waals surface area contributed by atoms with Crippen LogP contribution in [0.25, 0.3) is 0 Å². The first-order valence-corrected chi connectivity index (χ1v) is 8.37. The number of aryl methyl sites for hydroxylation is 1. The minimum atomic E-state index is 0.0988. The van der Waals surface area contributed by atoms with E-state index in [1.807, 2.05) is 42.5 Å². The van der Waals surface area contributed by atoms with Crippen LogP contribution in [-0.2, 0) is 17.8 Å². The number of carbonyl (C=O) groups excluding carboxylic acids is 1. The summed E-state index contributed by atoms with van der Waals surface area (Å²) in [5.74, 6) is 0.0988. The van der Waals surface area contributed by atoms with Crippen molar-refractivity contribution in [3.63, 3.8) is 0 Å². The van der Waals surface area contributed by atoms with Crippen LogP contribution in [0.4, 0.5) is 0 Å². The van der Waals surface area contributed by atoms with Gasteiger partial charge in [0.25, 0.3) is 0 Å². The molecule has 0 bridgehead atoms. The molecule has 2 N–H and O–H groups in total. The number of hydrogen-bond acceptors (Lipinski definition) is 2. The average molecular weight is 331 g/mol. The molecule has 0 saturated heterocycles. The smallest absolute Gasteiger partial charge is 0.221 e. The summed E-state index contributed by atoms with van der Waals surface area (Å²) < 4.78 is 0. The summed E-state index contributed by atoms with van der Waals surface area (Å²) in [7, 11) is 0. The zero-order valence-electron chi connectivity index (χ0n) is 13.2. The molecule has 3 nitrogen and oxygen atoms in total. The number of halogens is 1. The monoisotopic (exact) mass is 330 g/mol. The highest BCUT2D eigenvalue weighted by atomic mass is 35.5. The van der Waals surface area contributed by atoms with Crippen LogP contribution in [0.2, 0.25) is 5.02 Å². The predicted octanol–water partition coefficient (Wildman–Crippen LogP) is 3.57. The van der Waals surface area contributed by atoms with Gasteiger partial charge in [-0.2, -0.15) is 0 Å². The molecule has 0 fully saturated rings. The molecule has 2 aromatic carbocycles. The van der Waals surface area contributed by atoms with Crippen LogP contribution in [-0.4, -0.2) is 19.0 Å². The highest BCUT2D eigenvalue weighted by Gasteiger charge is 2.00. The van der Waals surface area contributed by atoms with E-state index >= 15 is 0 Å². The Bertz CT molecular complexity index is 584. The van der Waals surface area contributed by atoms with Crippen LogP contribution in [0, 0.1) is 0 Å². The Labute approximate surface area is 143 Å². The van der Waals surface area contributed by atoms with E-state index in [0.717, 1.165) is 36.5 Å². The molecule has 0 aliphatic rings. The number of rotatable bonds is 9. The zero-order chi connectivity index (χ0) is 16.3. The molecule has 23 heavy (non-hydrogen) atoms. The summed E-state index contributed by atoms with van der Waals surface area (Å²) in [6.45, 7) is 2.15. The maximum absolute atomic E-state index is 11.7. The average Bonchev–Trinajstić information content (AvgIpc) is 2.58. The Morgan fingerprint density at radius 3 is 2.39 bits per heavy atom. The predicted molar refractivity (Wildman–Crippen MR) is 95.5 cm³/mol. The van der Waals surface area contributed by atoms with Gasteiger partial charge in [0.2, 0.25) is 5.91 Å². The van der Waals surface area contributed by atoms with Gasteiger partial charge in [-0.3, -0.25) is 4.79 Å². The molecule has 0 aromatic heterocycles. The van der Waals surface area contributed by atoms with Gasteiger partial charge >= 0.3 is 0 Å². The van der Waals surface area contributed by atoms with Gasteiger partial charge in [0.05, 0.1) is 0 Å². The topological polar surface area (TPSA) is 41.1 Å². The standard InChI is InChI=1S/C19H23ClN2O/c20-18-10-8-17(9-11-18)15-21-14-12-19(23)22-13-4-7-16-5-2-1-3-6-16/h1-3,5-6,8-11,21H,4,7,12-15H2,(H,22,23). The van der Waals surface area contributed by atoms with Crippen molar-refractivity contribution in [3.05, 3.63) is 70.7 Å². The van der Waals surface area contributed by atoms with Gasteiger partial charge in [0.15, 0.2) is 0 Å². The number of carbonyl (C=O) groups is 1. The first kappa shape index (κ1) is 17.5. The first-order chi connectivity index (χ1) is 11.2. The third-order valence-corrected chi connectivity index (χ3v) is 3.83. The van der Waals surface area contributed by atoms with Crippen molar-refractivity contribution >= 4 is 17.5 Å². The van der Waals surface area contributed by atoms with E-state index in [4.69, 9.17) is 11.6 Å². The molecule has 4 heteroatoms. The van der Waals surface area contributed by atoms with E-state index in [0.29, 0.717) is 13.0 Å². The van der Waals surface area contributed by atoms with E-state index in [2.05, 4.69) is 22.8 Å². The number of benzene rings is 2. The van der Waals surface area contributed by atoms with Gasteiger partial charge < -0.3 is 10.6 Å². The Hall–Kier alpha value is -1.84. The maximum Gasteiger partial charge on any atom is 0.221 e. The molecule has 122 valence electrons. The lowest BCUT2D eigenvalue weighted by molar-refractivity contribution is -0.121. The Kier molecular flexibility index (Phi) is 7.64. The summed E-state index contributed by atoms with van der Waals surface area (Å²) in [5.41, 5.74) is 2.48. The molecule has 0 unspecified atom stereocenters. The van der Waals surface area contributed by atoms with E-state index in [9.17, 15) is 4.79 Å². The molecular weight excluding hydrogens is 308 g/mol. The lowest BCUT2D eigenvalue weighted by Gasteiger charge is -2.07. The second kappa shape index (κ2) is 10.0. The summed E-state index contributed by atoms with van der Waals surface area (Å²) in [6, 6.07) is 18.0. The van der Waals surface area contributed by atoms with Crippen LogP contribution >= 0.6 is 11.6 Å². The third kappa shape index (κ3) is 7.31. The lowest BCUT2D eigenvalue weighted by atomic mass is 10.1. The van der Waals surface area contributed by atoms with Crippen molar-refractivity contribution in [2.75, 3.05) is 13.1 Å². The van der Waals surface area contributed by atoms with Crippen molar-refractivity contribution in [1.82, 2.24) is 10.6 Å². The van der Waals surface area contributed by atoms with Gasteiger partial charge in [0, 0.05) is 31.1 Å². The molecular formula is C19H23ClN2O. The molecule has 0 heterocycles. The molecule has 2 aromatic rings. The maximum atomic E-state index is 11.7. The van der Waals surface area contributed by atoms with Gasteiger partial charge in [-0.25, -0.2) is 0 Å². The summed E-state index contributed by atoms with van der Waals surface area (Å²) in [4.78, 5) is 11.7. The Morgan fingerprint density at radius 2 is 1.65 bits per heavy atom. The Balaban J connectivity index is 1.51. The van der Waals surface area contributed by atoms with E-state index < -0.39 is 0 Å². The van der Waals surface area contributed by atoms with Crippen molar-refractivity contribution < 1.29 is 4.79 Å². The van der Waals surface area contributed by atoms with Gasteiger partial charge in [-0.1, -0.05) is 54.1 Å². The molecule has 0 spiro atoms. The molecule has 0 atom stereocenters. The highest BCUT2D eigenvalue weighted by molar-refractivity contribution is 6.30. The SMILES string of the molecule is O=C(CCNCc1ccc(Cl)cc1)NCCCc1ccccc1. The number of nitrogens with one attached hydrogen (secondary N) is 2. The molecule has 0 saturated carbocycles. The van der Waals surface area contributed by atoms with E-state index in [1.54, 1.807) is 0 Å². The minimum Gasteiger partial charge on any atom is -0.356 e.